The van der Waals surface area contributed by atoms with Gasteiger partial charge in [0.05, 0.1) is 0 Å². The first kappa shape index (κ1) is 15.5. The van der Waals surface area contributed by atoms with Gasteiger partial charge in [0.15, 0.2) is 0 Å². The van der Waals surface area contributed by atoms with Crippen molar-refractivity contribution < 1.29 is 9.18 Å². The minimum Gasteiger partial charge on any atom is -0.382 e. The Morgan fingerprint density at radius 1 is 1.13 bits per heavy atom. The number of aryl methyl sites for hydroxylation is 1. The maximum absolute atomic E-state index is 13.6. The highest BCUT2D eigenvalue weighted by Crippen LogP contribution is 2.19. The molecule has 0 saturated carbocycles. The predicted molar refractivity (Wildman–Crippen MR) is 90.1 cm³/mol. The highest BCUT2D eigenvalue weighted by atomic mass is 19.1. The normalized spacial score (nSPS) is 15.5. The van der Waals surface area contributed by atoms with Gasteiger partial charge in [-0.3, -0.25) is 4.79 Å². The van der Waals surface area contributed by atoms with Crippen molar-refractivity contribution in [2.45, 2.75) is 25.8 Å². The molecule has 0 bridgehead atoms. The average molecular weight is 312 g/mol. The number of carbonyl (C=O) groups is 1. The van der Waals surface area contributed by atoms with Crippen molar-refractivity contribution in [2.75, 3.05) is 18.4 Å². The third-order valence-electron chi connectivity index (χ3n) is 4.35. The van der Waals surface area contributed by atoms with Crippen LogP contribution < -0.4 is 5.32 Å². The second-order valence-electron chi connectivity index (χ2n) is 6.04. The van der Waals surface area contributed by atoms with Crippen molar-refractivity contribution in [3.8, 4) is 0 Å². The van der Waals surface area contributed by atoms with Gasteiger partial charge in [-0.1, -0.05) is 24.3 Å². The van der Waals surface area contributed by atoms with E-state index in [-0.39, 0.29) is 11.7 Å². The first-order valence-corrected chi connectivity index (χ1v) is 8.00. The molecule has 1 heterocycles. The molecule has 1 fully saturated rings. The monoisotopic (exact) mass is 312 g/mol. The highest BCUT2D eigenvalue weighted by Gasteiger charge is 2.23. The average Bonchev–Trinajstić information content (AvgIpc) is 2.58. The van der Waals surface area contributed by atoms with E-state index in [0.717, 1.165) is 18.5 Å². The molecule has 3 nitrogen and oxygen atoms in total. The van der Waals surface area contributed by atoms with Crippen LogP contribution in [-0.2, 0) is 0 Å². The van der Waals surface area contributed by atoms with Crippen LogP contribution in [-0.4, -0.2) is 29.9 Å². The molecule has 0 aliphatic carbocycles. The molecule has 120 valence electrons. The Balaban J connectivity index is 1.58. The van der Waals surface area contributed by atoms with Gasteiger partial charge in [-0.05, 0) is 49.6 Å². The van der Waals surface area contributed by atoms with E-state index in [1.165, 1.54) is 6.07 Å². The number of halogens is 1. The lowest BCUT2D eigenvalue weighted by atomic mass is 10.0. The van der Waals surface area contributed by atoms with Crippen LogP contribution >= 0.6 is 0 Å². The summed E-state index contributed by atoms with van der Waals surface area (Å²) >= 11 is 0. The third-order valence-corrected chi connectivity index (χ3v) is 4.35. The second-order valence-corrected chi connectivity index (χ2v) is 6.04. The van der Waals surface area contributed by atoms with E-state index in [9.17, 15) is 9.18 Å². The number of rotatable bonds is 3. The molecular weight excluding hydrogens is 291 g/mol. The molecule has 1 saturated heterocycles. The van der Waals surface area contributed by atoms with Crippen LogP contribution in [0, 0.1) is 12.7 Å². The van der Waals surface area contributed by atoms with Gasteiger partial charge in [0, 0.05) is 30.4 Å². The summed E-state index contributed by atoms with van der Waals surface area (Å²) < 4.78 is 13.6. The summed E-state index contributed by atoms with van der Waals surface area (Å²) in [6.07, 6.45) is 1.80. The Bertz CT molecular complexity index is 679. The maximum Gasteiger partial charge on any atom is 0.253 e. The van der Waals surface area contributed by atoms with E-state index >= 15 is 0 Å². The number of likely N-dealkylation sites (tertiary alicyclic amines) is 1. The van der Waals surface area contributed by atoms with Crippen molar-refractivity contribution in [3.05, 3.63) is 65.5 Å². The van der Waals surface area contributed by atoms with E-state index in [1.807, 2.05) is 35.2 Å². The van der Waals surface area contributed by atoms with E-state index in [0.29, 0.717) is 30.3 Å². The molecule has 0 aromatic heterocycles. The smallest absolute Gasteiger partial charge is 0.253 e. The standard InChI is InChI=1S/C19H21FN2O/c1-14-7-8-15(13-18(14)20)19(23)22-11-9-17(10-12-22)21-16-5-3-2-4-6-16/h2-8,13,17,21H,9-12H2,1H3. The van der Waals surface area contributed by atoms with Crippen molar-refractivity contribution in [1.82, 2.24) is 4.90 Å². The van der Waals surface area contributed by atoms with Crippen molar-refractivity contribution in [2.24, 2.45) is 0 Å². The molecule has 1 N–H and O–H groups in total. The lowest BCUT2D eigenvalue weighted by Crippen LogP contribution is -2.42. The van der Waals surface area contributed by atoms with Gasteiger partial charge in [-0.15, -0.1) is 0 Å². The fourth-order valence-corrected chi connectivity index (χ4v) is 2.91. The topological polar surface area (TPSA) is 32.3 Å². The van der Waals surface area contributed by atoms with Crippen LogP contribution in [0.25, 0.3) is 0 Å². The first-order valence-electron chi connectivity index (χ1n) is 8.00. The first-order chi connectivity index (χ1) is 11.1. The molecule has 0 atom stereocenters. The zero-order valence-corrected chi connectivity index (χ0v) is 13.3. The lowest BCUT2D eigenvalue weighted by molar-refractivity contribution is 0.0718. The summed E-state index contributed by atoms with van der Waals surface area (Å²) in [6.45, 7) is 3.09. The molecule has 2 aromatic rings. The molecule has 0 radical (unpaired) electrons. The molecule has 0 spiro atoms. The Morgan fingerprint density at radius 3 is 2.48 bits per heavy atom. The number of nitrogens with zero attached hydrogens (tertiary/aromatic N) is 1. The van der Waals surface area contributed by atoms with E-state index in [2.05, 4.69) is 5.32 Å². The van der Waals surface area contributed by atoms with Gasteiger partial charge in [0.25, 0.3) is 5.91 Å². The van der Waals surface area contributed by atoms with Gasteiger partial charge >= 0.3 is 0 Å². The van der Waals surface area contributed by atoms with Gasteiger partial charge in [-0.25, -0.2) is 4.39 Å². The summed E-state index contributed by atoms with van der Waals surface area (Å²) in [5, 5.41) is 3.50. The fraction of sp³-hybridized carbons (Fsp3) is 0.316. The van der Waals surface area contributed by atoms with Gasteiger partial charge in [0.1, 0.15) is 5.82 Å². The number of amides is 1. The number of anilines is 1. The Labute approximate surface area is 136 Å². The fourth-order valence-electron chi connectivity index (χ4n) is 2.91. The Hall–Kier alpha value is -2.36. The minimum absolute atomic E-state index is 0.0814. The summed E-state index contributed by atoms with van der Waals surface area (Å²) in [7, 11) is 0. The lowest BCUT2D eigenvalue weighted by Gasteiger charge is -2.33. The van der Waals surface area contributed by atoms with E-state index in [4.69, 9.17) is 0 Å². The molecule has 2 aromatic carbocycles. The summed E-state index contributed by atoms with van der Waals surface area (Å²) in [5.74, 6) is -0.404. The van der Waals surface area contributed by atoms with Gasteiger partial charge < -0.3 is 10.2 Å². The summed E-state index contributed by atoms with van der Waals surface area (Å²) in [4.78, 5) is 14.3. The van der Waals surface area contributed by atoms with Gasteiger partial charge in [-0.2, -0.15) is 0 Å². The SMILES string of the molecule is Cc1ccc(C(=O)N2CCC(Nc3ccccc3)CC2)cc1F. The Kier molecular flexibility index (Phi) is 4.60. The van der Waals surface area contributed by atoms with Crippen molar-refractivity contribution >= 4 is 11.6 Å². The second kappa shape index (κ2) is 6.82. The van der Waals surface area contributed by atoms with Crippen molar-refractivity contribution in [3.63, 3.8) is 0 Å². The van der Waals surface area contributed by atoms with Crippen LogP contribution in [0.15, 0.2) is 48.5 Å². The highest BCUT2D eigenvalue weighted by molar-refractivity contribution is 5.94. The number of nitrogens with one attached hydrogen (secondary N) is 1. The molecule has 1 aliphatic rings. The van der Waals surface area contributed by atoms with Crippen LogP contribution in [0.5, 0.6) is 0 Å². The molecule has 1 amide bonds. The Morgan fingerprint density at radius 2 is 1.83 bits per heavy atom. The molecule has 0 unspecified atom stereocenters. The molecule has 4 heteroatoms. The summed E-state index contributed by atoms with van der Waals surface area (Å²) in [6, 6.07) is 15.2. The summed E-state index contributed by atoms with van der Waals surface area (Å²) in [5.41, 5.74) is 2.10. The van der Waals surface area contributed by atoms with Crippen LogP contribution in [0.4, 0.5) is 10.1 Å². The molecule has 3 rings (SSSR count). The zero-order chi connectivity index (χ0) is 16.2. The maximum atomic E-state index is 13.6. The van der Waals surface area contributed by atoms with E-state index < -0.39 is 0 Å². The third kappa shape index (κ3) is 3.70. The van der Waals surface area contributed by atoms with Crippen LogP contribution in [0.3, 0.4) is 0 Å². The van der Waals surface area contributed by atoms with E-state index in [1.54, 1.807) is 19.1 Å². The number of hydrogen-bond acceptors (Lipinski definition) is 2. The van der Waals surface area contributed by atoms with Gasteiger partial charge in [0.2, 0.25) is 0 Å². The number of benzene rings is 2. The quantitative estimate of drug-likeness (QED) is 0.933. The predicted octanol–water partition coefficient (Wildman–Crippen LogP) is 3.85. The molecular formula is C19H21FN2O. The molecule has 23 heavy (non-hydrogen) atoms. The zero-order valence-electron chi connectivity index (χ0n) is 13.3. The number of para-hydroxylation sites is 1. The van der Waals surface area contributed by atoms with Crippen molar-refractivity contribution in [1.29, 1.82) is 0 Å². The van der Waals surface area contributed by atoms with Crippen LogP contribution in [0.2, 0.25) is 0 Å². The minimum atomic E-state index is -0.323. The number of carbonyl (C=O) groups excluding carboxylic acids is 1. The number of piperidine rings is 1. The number of hydrogen-bond donors (Lipinski definition) is 1. The van der Waals surface area contributed by atoms with Crippen LogP contribution in [0.1, 0.15) is 28.8 Å². The molecule has 1 aliphatic heterocycles. The largest absolute Gasteiger partial charge is 0.382 e.